The summed E-state index contributed by atoms with van der Waals surface area (Å²) < 4.78 is 0. The number of amides is 1. The average molecular weight is 303 g/mol. The number of hydrogen-bond donors (Lipinski definition) is 2. The van der Waals surface area contributed by atoms with Gasteiger partial charge in [0.05, 0.1) is 5.69 Å². The molecule has 1 unspecified atom stereocenters. The van der Waals surface area contributed by atoms with Crippen molar-refractivity contribution in [3.8, 4) is 5.75 Å². The minimum Gasteiger partial charge on any atom is -0.507 e. The SMILES string of the molecule is Cc1ccccc1C1CC(=O)Nc2c1ccc1c(O)cccc21. The number of nitrogens with one attached hydrogen (secondary N) is 1. The second-order valence-electron chi connectivity index (χ2n) is 6.06. The number of carbonyl (C=O) groups excluding carboxylic acids is 1. The molecule has 0 fully saturated rings. The number of aromatic hydroxyl groups is 1. The minimum atomic E-state index is 0.0154. The summed E-state index contributed by atoms with van der Waals surface area (Å²) >= 11 is 0. The van der Waals surface area contributed by atoms with Crippen molar-refractivity contribution >= 4 is 22.4 Å². The van der Waals surface area contributed by atoms with Crippen LogP contribution in [-0.2, 0) is 4.79 Å². The number of rotatable bonds is 1. The second kappa shape index (κ2) is 5.13. The molecule has 1 atom stereocenters. The van der Waals surface area contributed by atoms with E-state index in [4.69, 9.17) is 0 Å². The molecule has 4 rings (SSSR count). The zero-order chi connectivity index (χ0) is 16.0. The molecule has 114 valence electrons. The van der Waals surface area contributed by atoms with Crippen molar-refractivity contribution in [2.24, 2.45) is 0 Å². The fourth-order valence-corrected chi connectivity index (χ4v) is 3.53. The maximum absolute atomic E-state index is 12.3. The Morgan fingerprint density at radius 2 is 1.78 bits per heavy atom. The van der Waals surface area contributed by atoms with E-state index >= 15 is 0 Å². The first-order valence-electron chi connectivity index (χ1n) is 7.75. The van der Waals surface area contributed by atoms with E-state index in [0.717, 1.165) is 22.0 Å². The van der Waals surface area contributed by atoms with Crippen molar-refractivity contribution in [2.75, 3.05) is 5.32 Å². The zero-order valence-corrected chi connectivity index (χ0v) is 12.8. The maximum atomic E-state index is 12.3. The number of aryl methyl sites for hydroxylation is 1. The first-order chi connectivity index (χ1) is 11.1. The van der Waals surface area contributed by atoms with Crippen LogP contribution in [0.25, 0.3) is 10.8 Å². The van der Waals surface area contributed by atoms with Gasteiger partial charge in [-0.15, -0.1) is 0 Å². The van der Waals surface area contributed by atoms with Crippen LogP contribution in [0.1, 0.15) is 29.0 Å². The molecular formula is C20H17NO2. The van der Waals surface area contributed by atoms with Gasteiger partial charge in [-0.25, -0.2) is 0 Å². The monoisotopic (exact) mass is 303 g/mol. The molecule has 1 heterocycles. The van der Waals surface area contributed by atoms with Crippen LogP contribution in [0.5, 0.6) is 5.75 Å². The number of fused-ring (bicyclic) bond motifs is 3. The van der Waals surface area contributed by atoms with E-state index < -0.39 is 0 Å². The molecule has 0 spiro atoms. The summed E-state index contributed by atoms with van der Waals surface area (Å²) in [7, 11) is 0. The van der Waals surface area contributed by atoms with E-state index in [9.17, 15) is 9.90 Å². The minimum absolute atomic E-state index is 0.0154. The predicted molar refractivity (Wildman–Crippen MR) is 91.9 cm³/mol. The molecule has 0 saturated heterocycles. The summed E-state index contributed by atoms with van der Waals surface area (Å²) in [6, 6.07) is 17.6. The Bertz CT molecular complexity index is 930. The second-order valence-corrected chi connectivity index (χ2v) is 6.06. The molecule has 23 heavy (non-hydrogen) atoms. The van der Waals surface area contributed by atoms with Crippen LogP contribution in [0.15, 0.2) is 54.6 Å². The first kappa shape index (κ1) is 13.8. The van der Waals surface area contributed by atoms with E-state index in [1.807, 2.05) is 36.4 Å². The van der Waals surface area contributed by atoms with Gasteiger partial charge in [0.1, 0.15) is 5.75 Å². The third-order valence-corrected chi connectivity index (χ3v) is 4.66. The smallest absolute Gasteiger partial charge is 0.225 e. The lowest BCUT2D eigenvalue weighted by atomic mass is 9.81. The molecule has 0 aliphatic carbocycles. The Balaban J connectivity index is 1.98. The first-order valence-corrected chi connectivity index (χ1v) is 7.75. The summed E-state index contributed by atoms with van der Waals surface area (Å²) in [5.41, 5.74) is 4.30. The van der Waals surface area contributed by atoms with Gasteiger partial charge in [0.2, 0.25) is 5.91 Å². The van der Waals surface area contributed by atoms with E-state index in [1.54, 1.807) is 6.07 Å². The lowest BCUT2D eigenvalue weighted by Crippen LogP contribution is -2.24. The maximum Gasteiger partial charge on any atom is 0.225 e. The highest BCUT2D eigenvalue weighted by molar-refractivity contribution is 6.07. The summed E-state index contributed by atoms with van der Waals surface area (Å²) in [5, 5.41) is 14.7. The lowest BCUT2D eigenvalue weighted by molar-refractivity contribution is -0.116. The summed E-state index contributed by atoms with van der Waals surface area (Å²) in [4.78, 5) is 12.3. The third kappa shape index (κ3) is 2.16. The molecule has 0 saturated carbocycles. The van der Waals surface area contributed by atoms with Crippen LogP contribution in [0.2, 0.25) is 0 Å². The van der Waals surface area contributed by atoms with E-state index in [-0.39, 0.29) is 17.6 Å². The van der Waals surface area contributed by atoms with Gasteiger partial charge in [0.15, 0.2) is 0 Å². The predicted octanol–water partition coefficient (Wildman–Crippen LogP) is 4.33. The molecule has 0 radical (unpaired) electrons. The van der Waals surface area contributed by atoms with Crippen LogP contribution in [0, 0.1) is 6.92 Å². The quantitative estimate of drug-likeness (QED) is 0.703. The standard InChI is InChI=1S/C20H17NO2/c1-12-5-2-3-6-13(12)17-11-19(23)21-20-15-7-4-8-18(22)14(15)9-10-16(17)20/h2-10,17,22H,11H2,1H3,(H,21,23). The molecular weight excluding hydrogens is 286 g/mol. The molecule has 2 N–H and O–H groups in total. The lowest BCUT2D eigenvalue weighted by Gasteiger charge is -2.28. The Hall–Kier alpha value is -2.81. The van der Waals surface area contributed by atoms with Gasteiger partial charge in [-0.1, -0.05) is 48.5 Å². The molecule has 1 aliphatic rings. The van der Waals surface area contributed by atoms with Crippen LogP contribution < -0.4 is 5.32 Å². The van der Waals surface area contributed by atoms with Crippen LogP contribution in [-0.4, -0.2) is 11.0 Å². The van der Waals surface area contributed by atoms with Crippen molar-refractivity contribution in [1.82, 2.24) is 0 Å². The van der Waals surface area contributed by atoms with Crippen molar-refractivity contribution in [3.63, 3.8) is 0 Å². The molecule has 1 aliphatic heterocycles. The molecule has 1 amide bonds. The number of carbonyl (C=O) groups is 1. The largest absolute Gasteiger partial charge is 0.507 e. The van der Waals surface area contributed by atoms with Gasteiger partial charge in [0.25, 0.3) is 0 Å². The van der Waals surface area contributed by atoms with Crippen LogP contribution in [0.4, 0.5) is 5.69 Å². The molecule has 3 aromatic rings. The van der Waals surface area contributed by atoms with Gasteiger partial charge < -0.3 is 10.4 Å². The zero-order valence-electron chi connectivity index (χ0n) is 12.8. The Morgan fingerprint density at radius 1 is 0.957 bits per heavy atom. The van der Waals surface area contributed by atoms with E-state index in [0.29, 0.717) is 6.42 Å². The normalized spacial score (nSPS) is 16.9. The fraction of sp³-hybridized carbons (Fsp3) is 0.150. The number of anilines is 1. The summed E-state index contributed by atoms with van der Waals surface area (Å²) in [6.07, 6.45) is 0.447. The van der Waals surface area contributed by atoms with Gasteiger partial charge in [0, 0.05) is 23.1 Å². The Labute approximate surface area is 134 Å². The molecule has 0 bridgehead atoms. The Kier molecular flexibility index (Phi) is 3.08. The van der Waals surface area contributed by atoms with Crippen molar-refractivity contribution in [3.05, 3.63) is 71.3 Å². The summed E-state index contributed by atoms with van der Waals surface area (Å²) in [6.45, 7) is 2.08. The van der Waals surface area contributed by atoms with Crippen molar-refractivity contribution in [2.45, 2.75) is 19.3 Å². The van der Waals surface area contributed by atoms with E-state index in [1.165, 1.54) is 11.1 Å². The topological polar surface area (TPSA) is 49.3 Å². The number of phenolic OH excluding ortho intramolecular Hbond substituents is 1. The third-order valence-electron chi connectivity index (χ3n) is 4.66. The molecule has 0 aromatic heterocycles. The van der Waals surface area contributed by atoms with Crippen LogP contribution in [0.3, 0.4) is 0 Å². The van der Waals surface area contributed by atoms with Crippen LogP contribution >= 0.6 is 0 Å². The van der Waals surface area contributed by atoms with Crippen molar-refractivity contribution in [1.29, 1.82) is 0 Å². The highest BCUT2D eigenvalue weighted by Crippen LogP contribution is 2.43. The molecule has 3 nitrogen and oxygen atoms in total. The van der Waals surface area contributed by atoms with E-state index in [2.05, 4.69) is 24.4 Å². The van der Waals surface area contributed by atoms with Gasteiger partial charge in [-0.2, -0.15) is 0 Å². The average Bonchev–Trinajstić information content (AvgIpc) is 2.55. The van der Waals surface area contributed by atoms with Gasteiger partial charge in [-0.05, 0) is 29.7 Å². The molecule has 3 aromatic carbocycles. The number of benzene rings is 3. The van der Waals surface area contributed by atoms with Crippen molar-refractivity contribution < 1.29 is 9.90 Å². The summed E-state index contributed by atoms with van der Waals surface area (Å²) in [5.74, 6) is 0.297. The van der Waals surface area contributed by atoms with Gasteiger partial charge >= 0.3 is 0 Å². The highest BCUT2D eigenvalue weighted by atomic mass is 16.3. The fourth-order valence-electron chi connectivity index (χ4n) is 3.53. The Morgan fingerprint density at radius 3 is 2.61 bits per heavy atom. The number of hydrogen-bond acceptors (Lipinski definition) is 2. The highest BCUT2D eigenvalue weighted by Gasteiger charge is 2.28. The van der Waals surface area contributed by atoms with Gasteiger partial charge in [-0.3, -0.25) is 4.79 Å². The number of phenols is 1. The molecule has 3 heteroatoms.